The highest BCUT2D eigenvalue weighted by Gasteiger charge is 2.61. The molecule has 1 spiro atoms. The maximum absolute atomic E-state index is 14.1. The molecule has 0 saturated heterocycles. The maximum Gasteiger partial charge on any atom is 0.360 e. The van der Waals surface area contributed by atoms with Gasteiger partial charge in [-0.3, -0.25) is 9.59 Å². The summed E-state index contributed by atoms with van der Waals surface area (Å²) in [5.74, 6) is -0.649. The van der Waals surface area contributed by atoms with E-state index in [2.05, 4.69) is 22.9 Å². The van der Waals surface area contributed by atoms with Crippen molar-refractivity contribution in [3.05, 3.63) is 82.3 Å². The minimum Gasteiger partial charge on any atom is -0.469 e. The van der Waals surface area contributed by atoms with E-state index in [1.165, 1.54) is 7.11 Å². The van der Waals surface area contributed by atoms with Gasteiger partial charge in [-0.1, -0.05) is 84.2 Å². The number of oxazole rings is 2. The molecule has 53 heavy (non-hydrogen) atoms. The molecule has 5 heterocycles. The molecule has 13 nitrogen and oxygen atoms in total. The molecule has 2 unspecified atom stereocenters. The summed E-state index contributed by atoms with van der Waals surface area (Å²) in [7, 11) is 1.31. The highest BCUT2D eigenvalue weighted by molar-refractivity contribution is 5.90. The zero-order valence-electron chi connectivity index (χ0n) is 30.9. The number of hydrogen-bond acceptors (Lipinski definition) is 11. The highest BCUT2D eigenvalue weighted by Crippen LogP contribution is 2.59. The first kappa shape index (κ1) is 36.2. The van der Waals surface area contributed by atoms with Crippen LogP contribution in [0.25, 0.3) is 11.6 Å². The Bertz CT molecular complexity index is 2030. The van der Waals surface area contributed by atoms with Crippen molar-refractivity contribution in [2.24, 2.45) is 11.8 Å². The molecule has 4 bridgehead atoms. The summed E-state index contributed by atoms with van der Waals surface area (Å²) < 4.78 is 25.1. The van der Waals surface area contributed by atoms with Crippen molar-refractivity contribution in [1.82, 2.24) is 20.6 Å². The van der Waals surface area contributed by atoms with Crippen LogP contribution >= 0.6 is 0 Å². The fourth-order valence-electron chi connectivity index (χ4n) is 7.60. The van der Waals surface area contributed by atoms with Gasteiger partial charge in [0.2, 0.25) is 23.6 Å². The lowest BCUT2D eigenvalue weighted by atomic mass is 9.72. The molecule has 5 atom stereocenters. The first-order valence-electron chi connectivity index (χ1n) is 18.5. The van der Waals surface area contributed by atoms with Crippen molar-refractivity contribution in [3.63, 3.8) is 0 Å². The molecule has 4 aromatic rings. The second-order valence-electron chi connectivity index (χ2n) is 14.8. The van der Waals surface area contributed by atoms with E-state index >= 15 is 0 Å². The summed E-state index contributed by atoms with van der Waals surface area (Å²) in [6, 6.07) is 11.8. The number of esters is 1. The third-order valence-electron chi connectivity index (χ3n) is 10.5. The van der Waals surface area contributed by atoms with Crippen molar-refractivity contribution in [3.8, 4) is 17.3 Å². The SMILES string of the molecule is CCCCCCc1oc(-c2nc3oc2C24c5ccccc5NC2Oc2ccc(cc24)C[C@H](NC(=O)[C@@H](O)C(C)C)C(=O)N[C@H]3C(C)C)nc1C(=O)OC. The first-order chi connectivity index (χ1) is 25.5. The van der Waals surface area contributed by atoms with E-state index in [0.717, 1.165) is 48.1 Å². The van der Waals surface area contributed by atoms with Crippen LogP contribution in [0.15, 0.2) is 51.3 Å². The zero-order valence-corrected chi connectivity index (χ0v) is 30.9. The van der Waals surface area contributed by atoms with Gasteiger partial charge in [0.1, 0.15) is 35.1 Å². The van der Waals surface area contributed by atoms with E-state index in [4.69, 9.17) is 28.3 Å². The summed E-state index contributed by atoms with van der Waals surface area (Å²) in [4.78, 5) is 50.1. The molecule has 13 heteroatoms. The van der Waals surface area contributed by atoms with Crippen molar-refractivity contribution in [2.45, 2.75) is 103 Å². The molecular formula is C40H47N5O8. The van der Waals surface area contributed by atoms with E-state index in [0.29, 0.717) is 23.7 Å². The van der Waals surface area contributed by atoms with Crippen molar-refractivity contribution in [2.75, 3.05) is 12.4 Å². The van der Waals surface area contributed by atoms with Gasteiger partial charge in [-0.25, -0.2) is 14.8 Å². The van der Waals surface area contributed by atoms with Crippen LogP contribution in [0.4, 0.5) is 5.69 Å². The van der Waals surface area contributed by atoms with Crippen LogP contribution in [0.2, 0.25) is 0 Å². The Hall–Kier alpha value is -5.17. The third kappa shape index (κ3) is 6.24. The van der Waals surface area contributed by atoms with Crippen LogP contribution in [0.1, 0.15) is 111 Å². The Labute approximate surface area is 308 Å². The van der Waals surface area contributed by atoms with Gasteiger partial charge in [-0.05, 0) is 41.5 Å². The normalized spacial score (nSPS) is 21.8. The van der Waals surface area contributed by atoms with Crippen molar-refractivity contribution < 1.29 is 37.8 Å². The summed E-state index contributed by atoms with van der Waals surface area (Å²) in [5, 5.41) is 20.0. The molecule has 0 aliphatic carbocycles. The smallest absolute Gasteiger partial charge is 0.360 e. The molecule has 3 aliphatic heterocycles. The van der Waals surface area contributed by atoms with Crippen LogP contribution in [-0.4, -0.2) is 58.3 Å². The molecule has 280 valence electrons. The average Bonchev–Trinajstić information content (AvgIpc) is 3.90. The number of aryl methyl sites for hydroxylation is 1. The van der Waals surface area contributed by atoms with Crippen molar-refractivity contribution in [1.29, 1.82) is 0 Å². The predicted molar refractivity (Wildman–Crippen MR) is 194 cm³/mol. The van der Waals surface area contributed by atoms with Crippen LogP contribution < -0.4 is 20.7 Å². The summed E-state index contributed by atoms with van der Waals surface area (Å²) in [5.41, 5.74) is 2.45. The Morgan fingerprint density at radius 3 is 2.57 bits per heavy atom. The third-order valence-corrected chi connectivity index (χ3v) is 10.5. The number of benzene rings is 2. The molecule has 4 N–H and O–H groups in total. The van der Waals surface area contributed by atoms with Gasteiger partial charge in [0.25, 0.3) is 0 Å². The summed E-state index contributed by atoms with van der Waals surface area (Å²) in [6.45, 7) is 9.46. The molecular weight excluding hydrogens is 678 g/mol. The number of amides is 2. The second-order valence-corrected chi connectivity index (χ2v) is 14.8. The Balaban J connectivity index is 1.46. The number of anilines is 1. The lowest BCUT2D eigenvalue weighted by Crippen LogP contribution is -2.52. The minimum absolute atomic E-state index is 0.0765. The first-order valence-corrected chi connectivity index (χ1v) is 18.5. The molecule has 0 radical (unpaired) electrons. The maximum atomic E-state index is 14.1. The number of nitrogens with zero attached hydrogens (tertiary/aromatic N) is 2. The van der Waals surface area contributed by atoms with Gasteiger partial charge in [0.05, 0.1) is 7.11 Å². The average molecular weight is 726 g/mol. The topological polar surface area (TPSA) is 178 Å². The van der Waals surface area contributed by atoms with E-state index in [1.54, 1.807) is 13.8 Å². The van der Waals surface area contributed by atoms with Gasteiger partial charge in [-0.2, -0.15) is 0 Å². The van der Waals surface area contributed by atoms with E-state index in [9.17, 15) is 19.5 Å². The molecule has 2 amide bonds. The number of ether oxygens (including phenoxy) is 2. The zero-order chi connectivity index (χ0) is 37.6. The largest absolute Gasteiger partial charge is 0.469 e. The van der Waals surface area contributed by atoms with E-state index in [-0.39, 0.29) is 41.4 Å². The number of methoxy groups -OCH3 is 1. The van der Waals surface area contributed by atoms with Gasteiger partial charge < -0.3 is 39.4 Å². The quantitative estimate of drug-likeness (QED) is 0.112. The van der Waals surface area contributed by atoms with Gasteiger partial charge in [0.15, 0.2) is 23.4 Å². The standard InChI is InChI=1S/C40H47N5O8/c1-7-8-9-10-15-28-30(38(49)50-6)44-37(51-28)31-33-40-23-13-11-12-14-25(23)42-39(40)52-27-17-16-22(18-24(27)40)19-26(41-35(48)32(46)21(4)5)34(47)43-29(20(2)3)36(45-31)53-33/h11-14,16-18,20-21,26,29,32,39,42,46H,7-10,15,19H2,1-6H3,(H,41,48)(H,43,47)/t26-,29-,32-,39?,40?/m0/s1. The van der Waals surface area contributed by atoms with Crippen LogP contribution in [-0.2, 0) is 32.6 Å². The van der Waals surface area contributed by atoms with Crippen LogP contribution in [0.3, 0.4) is 0 Å². The number of unbranched alkanes of at least 4 members (excludes halogenated alkanes) is 3. The predicted octanol–water partition coefficient (Wildman–Crippen LogP) is 5.59. The van der Waals surface area contributed by atoms with Gasteiger partial charge in [0, 0.05) is 24.1 Å². The van der Waals surface area contributed by atoms with Crippen LogP contribution in [0.5, 0.6) is 5.75 Å². The number of rotatable bonds is 11. The number of aliphatic hydroxyl groups is 1. The monoisotopic (exact) mass is 725 g/mol. The number of carbonyl (C=O) groups is 3. The Kier molecular flexibility index (Phi) is 9.79. The lowest BCUT2D eigenvalue weighted by molar-refractivity contribution is -0.135. The molecule has 0 fully saturated rings. The number of fused-ring (bicyclic) bond motifs is 4. The second kappa shape index (κ2) is 14.3. The summed E-state index contributed by atoms with van der Waals surface area (Å²) >= 11 is 0. The van der Waals surface area contributed by atoms with E-state index < -0.39 is 47.6 Å². The van der Waals surface area contributed by atoms with Crippen molar-refractivity contribution >= 4 is 23.5 Å². The number of hydrogen-bond donors (Lipinski definition) is 4. The fraction of sp³-hybridized carbons (Fsp3) is 0.475. The number of carbonyl (C=O) groups excluding carboxylic acids is 3. The number of aromatic nitrogens is 2. The number of para-hydroxylation sites is 1. The van der Waals surface area contributed by atoms with Gasteiger partial charge >= 0.3 is 5.97 Å². The highest BCUT2D eigenvalue weighted by atomic mass is 16.5. The summed E-state index contributed by atoms with van der Waals surface area (Å²) in [6.07, 6.45) is 2.52. The molecule has 2 aromatic carbocycles. The molecule has 2 aromatic heterocycles. The molecule has 7 rings (SSSR count). The molecule has 0 saturated carbocycles. The van der Waals surface area contributed by atoms with Gasteiger partial charge in [-0.15, -0.1) is 0 Å². The van der Waals surface area contributed by atoms with Crippen LogP contribution in [0, 0.1) is 11.8 Å². The fourth-order valence-corrected chi connectivity index (χ4v) is 7.60. The molecule has 3 aliphatic rings. The number of nitrogens with one attached hydrogen (secondary N) is 3. The van der Waals surface area contributed by atoms with E-state index in [1.807, 2.05) is 56.3 Å². The number of aliphatic hydroxyl groups excluding tert-OH is 1. The minimum atomic E-state index is -1.30. The Morgan fingerprint density at radius 1 is 1.04 bits per heavy atom. The lowest BCUT2D eigenvalue weighted by Gasteiger charge is -2.29. The Morgan fingerprint density at radius 2 is 1.83 bits per heavy atom.